The van der Waals surface area contributed by atoms with Gasteiger partial charge in [-0.05, 0) is 23.8 Å². The Kier molecular flexibility index (Phi) is 5.86. The van der Waals surface area contributed by atoms with Crippen molar-refractivity contribution in [2.75, 3.05) is 17.8 Å². The molecule has 1 rings (SSSR count). The molecule has 0 aliphatic carbocycles. The van der Waals surface area contributed by atoms with Crippen LogP contribution in [-0.2, 0) is 15.0 Å². The van der Waals surface area contributed by atoms with Gasteiger partial charge in [-0.2, -0.15) is 12.7 Å². The molecule has 0 heterocycles. The number of aliphatic carboxylic acids is 1. The number of benzene rings is 1. The molecule has 1 aromatic carbocycles. The molecule has 0 saturated heterocycles. The molecule has 0 radical (unpaired) electrons. The maximum absolute atomic E-state index is 13.8. The third-order valence-electron chi connectivity index (χ3n) is 2.70. The van der Waals surface area contributed by atoms with Gasteiger partial charge < -0.3 is 5.11 Å². The van der Waals surface area contributed by atoms with Gasteiger partial charge >= 0.3 is 16.2 Å². The Morgan fingerprint density at radius 1 is 1.38 bits per heavy atom. The van der Waals surface area contributed by atoms with Crippen molar-refractivity contribution in [2.24, 2.45) is 0 Å². The maximum Gasteiger partial charge on any atom is 0.328 e. The van der Waals surface area contributed by atoms with Crippen LogP contribution in [0.4, 0.5) is 10.1 Å². The lowest BCUT2D eigenvalue weighted by Gasteiger charge is -2.19. The van der Waals surface area contributed by atoms with Crippen LogP contribution in [0, 0.1) is 5.82 Å². The minimum atomic E-state index is -3.81. The first-order valence-electron chi connectivity index (χ1n) is 6.28. The molecule has 0 aliphatic heterocycles. The largest absolute Gasteiger partial charge is 0.478 e. The van der Waals surface area contributed by atoms with Gasteiger partial charge in [-0.25, -0.2) is 9.18 Å². The first kappa shape index (κ1) is 17.1. The van der Waals surface area contributed by atoms with Gasteiger partial charge in [0.1, 0.15) is 5.82 Å². The number of nitrogens with zero attached hydrogens (tertiary/aromatic N) is 1. The van der Waals surface area contributed by atoms with E-state index in [0.717, 1.165) is 16.4 Å². The lowest BCUT2D eigenvalue weighted by Crippen LogP contribution is -2.35. The zero-order valence-corrected chi connectivity index (χ0v) is 12.5. The van der Waals surface area contributed by atoms with E-state index in [0.29, 0.717) is 5.56 Å². The summed E-state index contributed by atoms with van der Waals surface area (Å²) >= 11 is 0. The van der Waals surface area contributed by atoms with E-state index in [1.165, 1.54) is 18.2 Å². The number of halogens is 1. The number of nitrogens with one attached hydrogen (secondary N) is 1. The predicted molar refractivity (Wildman–Crippen MR) is 78.5 cm³/mol. The molecule has 0 fully saturated rings. The SMILES string of the molecule is CCN(CC)S(=O)(=O)Nc1ccc(C=CC(=O)O)cc1F. The molecule has 0 aromatic heterocycles. The Balaban J connectivity index is 2.98. The van der Waals surface area contributed by atoms with Crippen molar-refractivity contribution < 1.29 is 22.7 Å². The highest BCUT2D eigenvalue weighted by molar-refractivity contribution is 7.90. The fourth-order valence-electron chi connectivity index (χ4n) is 1.65. The molecule has 1 aromatic rings. The Morgan fingerprint density at radius 2 is 2.00 bits per heavy atom. The van der Waals surface area contributed by atoms with E-state index in [9.17, 15) is 17.6 Å². The Labute approximate surface area is 123 Å². The molecule has 2 N–H and O–H groups in total. The van der Waals surface area contributed by atoms with Crippen LogP contribution < -0.4 is 4.72 Å². The van der Waals surface area contributed by atoms with Crippen molar-refractivity contribution in [1.29, 1.82) is 0 Å². The Bertz CT molecular complexity index is 640. The fraction of sp³-hybridized carbons (Fsp3) is 0.308. The number of rotatable bonds is 7. The van der Waals surface area contributed by atoms with E-state index in [1.807, 2.05) is 0 Å². The molecule has 0 saturated carbocycles. The smallest absolute Gasteiger partial charge is 0.328 e. The van der Waals surface area contributed by atoms with Crippen molar-refractivity contribution in [3.8, 4) is 0 Å². The van der Waals surface area contributed by atoms with E-state index in [4.69, 9.17) is 5.11 Å². The maximum atomic E-state index is 13.8. The van der Waals surface area contributed by atoms with Crippen molar-refractivity contribution >= 4 is 27.9 Å². The zero-order valence-electron chi connectivity index (χ0n) is 11.7. The van der Waals surface area contributed by atoms with Gasteiger partial charge in [-0.3, -0.25) is 4.72 Å². The van der Waals surface area contributed by atoms with Gasteiger partial charge in [0.2, 0.25) is 0 Å². The minimum Gasteiger partial charge on any atom is -0.478 e. The quantitative estimate of drug-likeness (QED) is 0.752. The molecule has 0 atom stereocenters. The van der Waals surface area contributed by atoms with Gasteiger partial charge in [0, 0.05) is 19.2 Å². The third-order valence-corrected chi connectivity index (χ3v) is 4.37. The Hall–Kier alpha value is -1.93. The molecular formula is C13H17FN2O4S. The Morgan fingerprint density at radius 3 is 2.48 bits per heavy atom. The number of carboxylic acids is 1. The number of hydrogen-bond donors (Lipinski definition) is 2. The summed E-state index contributed by atoms with van der Waals surface area (Å²) in [4.78, 5) is 10.4. The van der Waals surface area contributed by atoms with Crippen LogP contribution in [-0.4, -0.2) is 36.9 Å². The number of hydrogen-bond acceptors (Lipinski definition) is 3. The molecule has 0 aliphatic rings. The average molecular weight is 316 g/mol. The van der Waals surface area contributed by atoms with Gasteiger partial charge in [0.05, 0.1) is 5.69 Å². The lowest BCUT2D eigenvalue weighted by molar-refractivity contribution is -0.131. The number of anilines is 1. The second kappa shape index (κ2) is 7.19. The molecule has 0 spiro atoms. The summed E-state index contributed by atoms with van der Waals surface area (Å²) < 4.78 is 41.1. The summed E-state index contributed by atoms with van der Waals surface area (Å²) in [6, 6.07) is 3.72. The first-order valence-corrected chi connectivity index (χ1v) is 7.72. The zero-order chi connectivity index (χ0) is 16.0. The fourth-order valence-corrected chi connectivity index (χ4v) is 2.90. The van der Waals surface area contributed by atoms with Crippen molar-refractivity contribution in [2.45, 2.75) is 13.8 Å². The summed E-state index contributed by atoms with van der Waals surface area (Å²) in [6.07, 6.45) is 2.09. The second-order valence-corrected chi connectivity index (χ2v) is 5.77. The highest BCUT2D eigenvalue weighted by Gasteiger charge is 2.19. The summed E-state index contributed by atoms with van der Waals surface area (Å²) in [5.41, 5.74) is 0.134. The standard InChI is InChI=1S/C13H17FN2O4S/c1-3-16(4-2)21(19,20)15-12-7-5-10(9-11(12)14)6-8-13(17)18/h5-9,15H,3-4H2,1-2H3,(H,17,18). The van der Waals surface area contributed by atoms with E-state index < -0.39 is 22.0 Å². The molecule has 8 heteroatoms. The van der Waals surface area contributed by atoms with Crippen LogP contribution in [0.15, 0.2) is 24.3 Å². The van der Waals surface area contributed by atoms with Crippen molar-refractivity contribution in [3.05, 3.63) is 35.7 Å². The molecule has 0 bridgehead atoms. The molecular weight excluding hydrogens is 299 g/mol. The highest BCUT2D eigenvalue weighted by Crippen LogP contribution is 2.19. The van der Waals surface area contributed by atoms with Crippen LogP contribution >= 0.6 is 0 Å². The number of carbonyl (C=O) groups is 1. The molecule has 116 valence electrons. The van der Waals surface area contributed by atoms with Crippen LogP contribution in [0.1, 0.15) is 19.4 Å². The normalized spacial score (nSPS) is 12.0. The minimum absolute atomic E-state index is 0.186. The van der Waals surface area contributed by atoms with Crippen LogP contribution in [0.5, 0.6) is 0 Å². The van der Waals surface area contributed by atoms with Crippen LogP contribution in [0.25, 0.3) is 6.08 Å². The summed E-state index contributed by atoms with van der Waals surface area (Å²) in [7, 11) is -3.81. The average Bonchev–Trinajstić information content (AvgIpc) is 2.40. The topological polar surface area (TPSA) is 86.7 Å². The predicted octanol–water partition coefficient (Wildman–Crippen LogP) is 1.92. The summed E-state index contributed by atoms with van der Waals surface area (Å²) in [5, 5.41) is 8.49. The van der Waals surface area contributed by atoms with E-state index in [-0.39, 0.29) is 18.8 Å². The monoisotopic (exact) mass is 316 g/mol. The van der Waals surface area contributed by atoms with Gasteiger partial charge in [-0.15, -0.1) is 0 Å². The van der Waals surface area contributed by atoms with Crippen LogP contribution in [0.2, 0.25) is 0 Å². The van der Waals surface area contributed by atoms with E-state index >= 15 is 0 Å². The summed E-state index contributed by atoms with van der Waals surface area (Å²) in [6.45, 7) is 3.90. The lowest BCUT2D eigenvalue weighted by atomic mass is 10.2. The molecule has 6 nitrogen and oxygen atoms in total. The molecule has 21 heavy (non-hydrogen) atoms. The van der Waals surface area contributed by atoms with E-state index in [1.54, 1.807) is 13.8 Å². The van der Waals surface area contributed by atoms with E-state index in [2.05, 4.69) is 4.72 Å². The summed E-state index contributed by atoms with van der Waals surface area (Å²) in [5.74, 6) is -1.93. The van der Waals surface area contributed by atoms with Gasteiger partial charge in [0.15, 0.2) is 0 Å². The number of carboxylic acid groups (broad SMARTS) is 1. The first-order chi connectivity index (χ1) is 9.80. The van der Waals surface area contributed by atoms with Gasteiger partial charge in [0.25, 0.3) is 0 Å². The highest BCUT2D eigenvalue weighted by atomic mass is 32.2. The van der Waals surface area contributed by atoms with Crippen molar-refractivity contribution in [1.82, 2.24) is 4.31 Å². The van der Waals surface area contributed by atoms with Gasteiger partial charge in [-0.1, -0.05) is 19.9 Å². The molecule has 0 unspecified atom stereocenters. The van der Waals surface area contributed by atoms with Crippen LogP contribution in [0.3, 0.4) is 0 Å². The van der Waals surface area contributed by atoms with Crippen molar-refractivity contribution in [3.63, 3.8) is 0 Å². The second-order valence-electron chi connectivity index (χ2n) is 4.10. The molecule has 0 amide bonds. The third kappa shape index (κ3) is 4.83.